The van der Waals surface area contributed by atoms with Crippen LogP contribution in [0.5, 0.6) is 0 Å². The number of rotatable bonds is 7. The fraction of sp³-hybridized carbons (Fsp3) is 0.381. The van der Waals surface area contributed by atoms with Crippen molar-refractivity contribution < 1.29 is 28.6 Å². The molecule has 30 heavy (non-hydrogen) atoms. The molecule has 2 amide bonds. The molecule has 1 saturated heterocycles. The average Bonchev–Trinajstić information content (AvgIpc) is 3.37. The molecule has 7 nitrogen and oxygen atoms in total. The monoisotopic (exact) mass is 434 g/mol. The van der Waals surface area contributed by atoms with E-state index in [0.717, 1.165) is 4.88 Å². The standard InChI is InChI=1S/C21H23FN2O5S/c1-23(12-16-6-4-8-30-16)20(27)13-29-21(28)18-10-15(25)11-24(18)19(26)9-14-5-2-3-7-17(14)22/h2-8,15,18,25H,9-13H2,1H3. The first-order valence-electron chi connectivity index (χ1n) is 9.49. The highest BCUT2D eigenvalue weighted by atomic mass is 32.1. The molecule has 0 aliphatic carbocycles. The van der Waals surface area contributed by atoms with Gasteiger partial charge in [-0.1, -0.05) is 24.3 Å². The second kappa shape index (κ2) is 9.82. The number of hydrogen-bond donors (Lipinski definition) is 1. The zero-order valence-electron chi connectivity index (χ0n) is 16.5. The predicted molar refractivity (Wildman–Crippen MR) is 108 cm³/mol. The maximum atomic E-state index is 13.8. The summed E-state index contributed by atoms with van der Waals surface area (Å²) in [7, 11) is 1.61. The zero-order chi connectivity index (χ0) is 21.7. The number of esters is 1. The van der Waals surface area contributed by atoms with Crippen LogP contribution in [0.1, 0.15) is 16.9 Å². The lowest BCUT2D eigenvalue weighted by Gasteiger charge is -2.23. The molecule has 160 valence electrons. The normalized spacial score (nSPS) is 18.3. The number of carbonyl (C=O) groups excluding carboxylic acids is 3. The molecular weight excluding hydrogens is 411 g/mol. The average molecular weight is 434 g/mol. The summed E-state index contributed by atoms with van der Waals surface area (Å²) in [6, 6.07) is 8.68. The number of amides is 2. The Kier molecular flexibility index (Phi) is 7.17. The second-order valence-corrected chi connectivity index (χ2v) is 8.19. The highest BCUT2D eigenvalue weighted by Gasteiger charge is 2.40. The largest absolute Gasteiger partial charge is 0.454 e. The summed E-state index contributed by atoms with van der Waals surface area (Å²) in [4.78, 5) is 41.0. The van der Waals surface area contributed by atoms with Crippen LogP contribution >= 0.6 is 11.3 Å². The molecule has 1 aromatic carbocycles. The smallest absolute Gasteiger partial charge is 0.329 e. The Hall–Kier alpha value is -2.78. The second-order valence-electron chi connectivity index (χ2n) is 7.16. The first kappa shape index (κ1) is 21.9. The summed E-state index contributed by atoms with van der Waals surface area (Å²) >= 11 is 1.52. The summed E-state index contributed by atoms with van der Waals surface area (Å²) in [5, 5.41) is 11.9. The molecule has 9 heteroatoms. The van der Waals surface area contributed by atoms with Gasteiger partial charge in [-0.25, -0.2) is 9.18 Å². The zero-order valence-corrected chi connectivity index (χ0v) is 17.3. The van der Waals surface area contributed by atoms with Crippen LogP contribution in [0.2, 0.25) is 0 Å². The molecule has 1 aliphatic heterocycles. The Morgan fingerprint density at radius 1 is 1.27 bits per heavy atom. The van der Waals surface area contributed by atoms with Gasteiger partial charge in [-0.3, -0.25) is 9.59 Å². The van der Waals surface area contributed by atoms with E-state index in [9.17, 15) is 23.9 Å². The van der Waals surface area contributed by atoms with Crippen molar-refractivity contribution in [2.75, 3.05) is 20.2 Å². The van der Waals surface area contributed by atoms with Crippen LogP contribution in [-0.4, -0.2) is 65.0 Å². The summed E-state index contributed by atoms with van der Waals surface area (Å²) < 4.78 is 19.0. The first-order valence-corrected chi connectivity index (χ1v) is 10.4. The molecule has 0 spiro atoms. The Morgan fingerprint density at radius 3 is 2.73 bits per heavy atom. The molecule has 1 aromatic heterocycles. The maximum Gasteiger partial charge on any atom is 0.329 e. The minimum atomic E-state index is -1.00. The summed E-state index contributed by atoms with van der Waals surface area (Å²) in [5.41, 5.74) is 0.210. The number of halogens is 1. The number of β-amino-alcohol motifs (C(OH)–C–C–N with tert-alkyl or cyclic N) is 1. The van der Waals surface area contributed by atoms with Gasteiger partial charge in [-0.2, -0.15) is 0 Å². The van der Waals surface area contributed by atoms with Crippen LogP contribution in [-0.2, 0) is 32.1 Å². The number of aliphatic hydroxyl groups excluding tert-OH is 1. The topological polar surface area (TPSA) is 87.2 Å². The molecule has 1 fully saturated rings. The van der Waals surface area contributed by atoms with E-state index >= 15 is 0 Å². The number of hydrogen-bond acceptors (Lipinski definition) is 6. The Morgan fingerprint density at radius 2 is 2.03 bits per heavy atom. The minimum absolute atomic E-state index is 0.0150. The third kappa shape index (κ3) is 5.43. The number of likely N-dealkylation sites (N-methyl/N-ethyl adjacent to an activating group) is 1. The van der Waals surface area contributed by atoms with Crippen molar-refractivity contribution in [3.8, 4) is 0 Å². The van der Waals surface area contributed by atoms with Gasteiger partial charge in [0.1, 0.15) is 11.9 Å². The highest BCUT2D eigenvalue weighted by Crippen LogP contribution is 2.21. The van der Waals surface area contributed by atoms with E-state index in [4.69, 9.17) is 4.74 Å². The van der Waals surface area contributed by atoms with Crippen molar-refractivity contribution in [2.24, 2.45) is 0 Å². The van der Waals surface area contributed by atoms with Gasteiger partial charge in [0.25, 0.3) is 5.91 Å². The molecule has 1 aliphatic rings. The first-order chi connectivity index (χ1) is 14.3. The van der Waals surface area contributed by atoms with E-state index in [1.54, 1.807) is 13.1 Å². The third-order valence-corrected chi connectivity index (χ3v) is 5.77. The van der Waals surface area contributed by atoms with Crippen LogP contribution < -0.4 is 0 Å². The number of likely N-dealkylation sites (tertiary alicyclic amines) is 1. The maximum absolute atomic E-state index is 13.8. The van der Waals surface area contributed by atoms with Gasteiger partial charge >= 0.3 is 5.97 Å². The van der Waals surface area contributed by atoms with Crippen LogP contribution in [0.15, 0.2) is 41.8 Å². The van der Waals surface area contributed by atoms with E-state index in [1.165, 1.54) is 39.3 Å². The number of ether oxygens (including phenoxy) is 1. The molecule has 2 heterocycles. The minimum Gasteiger partial charge on any atom is -0.454 e. The van der Waals surface area contributed by atoms with Crippen LogP contribution in [0, 0.1) is 5.82 Å². The van der Waals surface area contributed by atoms with Gasteiger partial charge in [0.15, 0.2) is 6.61 Å². The van der Waals surface area contributed by atoms with Gasteiger partial charge < -0.3 is 19.6 Å². The fourth-order valence-electron chi connectivity index (χ4n) is 3.28. The van der Waals surface area contributed by atoms with E-state index < -0.39 is 36.4 Å². The van der Waals surface area contributed by atoms with Gasteiger partial charge in [-0.05, 0) is 23.1 Å². The van der Waals surface area contributed by atoms with E-state index in [1.807, 2.05) is 17.5 Å². The highest BCUT2D eigenvalue weighted by molar-refractivity contribution is 7.09. The SMILES string of the molecule is CN(Cc1cccs1)C(=O)COC(=O)C1CC(O)CN1C(=O)Cc1ccccc1F. The molecule has 2 aromatic rings. The lowest BCUT2D eigenvalue weighted by Crippen LogP contribution is -2.43. The number of aliphatic hydroxyl groups is 1. The number of carbonyl (C=O) groups is 3. The van der Waals surface area contributed by atoms with Crippen molar-refractivity contribution >= 4 is 29.1 Å². The number of nitrogens with zero attached hydrogens (tertiary/aromatic N) is 2. The molecule has 0 radical (unpaired) electrons. The van der Waals surface area contributed by atoms with E-state index in [-0.39, 0.29) is 30.9 Å². The van der Waals surface area contributed by atoms with Crippen molar-refractivity contribution in [3.63, 3.8) is 0 Å². The summed E-state index contributed by atoms with van der Waals surface area (Å²) in [6.45, 7) is -0.0919. The molecule has 3 rings (SSSR count). The van der Waals surface area contributed by atoms with Crippen molar-refractivity contribution in [1.29, 1.82) is 0 Å². The molecule has 1 N–H and O–H groups in total. The van der Waals surface area contributed by atoms with Crippen molar-refractivity contribution in [1.82, 2.24) is 9.80 Å². The molecule has 2 unspecified atom stereocenters. The molecule has 0 saturated carbocycles. The third-order valence-electron chi connectivity index (χ3n) is 4.91. The molecular formula is C21H23FN2O5S. The van der Waals surface area contributed by atoms with Crippen LogP contribution in [0.3, 0.4) is 0 Å². The van der Waals surface area contributed by atoms with E-state index in [0.29, 0.717) is 6.54 Å². The lowest BCUT2D eigenvalue weighted by molar-refractivity contribution is -0.157. The van der Waals surface area contributed by atoms with Gasteiger partial charge in [0.2, 0.25) is 5.91 Å². The summed E-state index contributed by atoms with van der Waals surface area (Å²) in [5.74, 6) is -2.13. The Labute approximate surface area is 177 Å². The van der Waals surface area contributed by atoms with Crippen molar-refractivity contribution in [2.45, 2.75) is 31.5 Å². The van der Waals surface area contributed by atoms with Gasteiger partial charge in [0, 0.05) is 24.9 Å². The van der Waals surface area contributed by atoms with E-state index in [2.05, 4.69) is 0 Å². The quantitative estimate of drug-likeness (QED) is 0.669. The molecule has 0 bridgehead atoms. The predicted octanol–water partition coefficient (Wildman–Crippen LogP) is 1.59. The summed E-state index contributed by atoms with van der Waals surface area (Å²) in [6.07, 6.45) is -1.10. The Bertz CT molecular complexity index is 905. The fourth-order valence-corrected chi connectivity index (χ4v) is 4.04. The van der Waals surface area contributed by atoms with Crippen molar-refractivity contribution in [3.05, 3.63) is 58.0 Å². The number of thiophene rings is 1. The molecule has 2 atom stereocenters. The number of benzene rings is 1. The van der Waals surface area contributed by atoms with Crippen LogP contribution in [0.4, 0.5) is 4.39 Å². The Balaban J connectivity index is 1.56. The lowest BCUT2D eigenvalue weighted by atomic mass is 10.1. The van der Waals surface area contributed by atoms with Gasteiger partial charge in [0.05, 0.1) is 19.1 Å². The van der Waals surface area contributed by atoms with Gasteiger partial charge in [-0.15, -0.1) is 11.3 Å². The van der Waals surface area contributed by atoms with Crippen LogP contribution in [0.25, 0.3) is 0 Å².